The van der Waals surface area contributed by atoms with Gasteiger partial charge in [-0.25, -0.2) is 0 Å². The molecular weight excluding hydrogens is 747 g/mol. The van der Waals surface area contributed by atoms with Gasteiger partial charge in [0.15, 0.2) is 12.4 Å². The van der Waals surface area contributed by atoms with Crippen molar-refractivity contribution in [3.05, 3.63) is 119 Å². The maximum absolute atomic E-state index is 12.2. The van der Waals surface area contributed by atoms with Crippen LogP contribution in [0.2, 0.25) is 0 Å². The van der Waals surface area contributed by atoms with Gasteiger partial charge in [-0.2, -0.15) is 0 Å². The highest BCUT2D eigenvalue weighted by Gasteiger charge is 2.32. The van der Waals surface area contributed by atoms with Crippen molar-refractivity contribution in [1.82, 2.24) is 10.6 Å². The maximum atomic E-state index is 12.2. The zero-order chi connectivity index (χ0) is 37.7. The maximum Gasteiger partial charge on any atom is 0.286 e. The average Bonchev–Trinajstić information content (AvgIpc) is 3.68. The Morgan fingerprint density at radius 2 is 1.07 bits per heavy atom. The Bertz CT molecular complexity index is 1990. The van der Waals surface area contributed by atoms with Gasteiger partial charge >= 0.3 is 0 Å². The van der Waals surface area contributed by atoms with Gasteiger partial charge in [-0.15, -0.1) is 0 Å². The molecule has 0 spiro atoms. The number of ether oxygens (including phenoxy) is 4. The van der Waals surface area contributed by atoms with E-state index in [0.717, 1.165) is 34.7 Å². The molecule has 3 N–H and O–H groups in total. The van der Waals surface area contributed by atoms with Crippen LogP contribution in [-0.2, 0) is 22.4 Å². The number of rotatable bonds is 14. The third-order valence-electron chi connectivity index (χ3n) is 7.88. The minimum Gasteiger partial charge on any atom is -0.497 e. The number of nitrogens with one attached hydrogen (secondary N) is 2. The van der Waals surface area contributed by atoms with E-state index in [4.69, 9.17) is 18.9 Å². The van der Waals surface area contributed by atoms with E-state index >= 15 is 0 Å². The number of hydrogen-bond donors (Lipinski definition) is 3. The molecule has 15 heteroatoms. The van der Waals surface area contributed by atoms with Gasteiger partial charge in [-0.3, -0.25) is 34.6 Å². The Balaban J connectivity index is 0.000000285. The molecule has 2 aliphatic heterocycles. The third kappa shape index (κ3) is 12.6. The number of imide groups is 2. The summed E-state index contributed by atoms with van der Waals surface area (Å²) in [5, 5.41) is 15.7. The monoisotopic (exact) mass is 789 g/mol. The molecule has 4 aromatic carbocycles. The molecule has 55 heavy (non-hydrogen) atoms. The molecule has 4 aromatic rings. The number of amides is 4. The molecule has 2 unspecified atom stereocenters. The van der Waals surface area contributed by atoms with Gasteiger partial charge in [0, 0.05) is 11.1 Å². The predicted octanol–water partition coefficient (Wildman–Crippen LogP) is 6.97. The van der Waals surface area contributed by atoms with E-state index in [2.05, 4.69) is 15.8 Å². The van der Waals surface area contributed by atoms with Crippen LogP contribution < -0.4 is 29.6 Å². The number of ketones is 1. The first-order valence-corrected chi connectivity index (χ1v) is 17.9. The summed E-state index contributed by atoms with van der Waals surface area (Å²) in [5.74, 6) is 1.77. The average molecular weight is 790 g/mol. The van der Waals surface area contributed by atoms with Crippen molar-refractivity contribution in [3.63, 3.8) is 0 Å². The van der Waals surface area contributed by atoms with Crippen LogP contribution in [0.25, 0.3) is 0 Å². The molecule has 4 amide bonds. The molecule has 2 fully saturated rings. The van der Waals surface area contributed by atoms with Crippen LogP contribution in [0, 0.1) is 0 Å². The van der Waals surface area contributed by atoms with Crippen molar-refractivity contribution in [3.8, 4) is 23.0 Å². The minimum atomic E-state index is -0.399. The quantitative estimate of drug-likeness (QED) is 0.0518. The van der Waals surface area contributed by atoms with Gasteiger partial charge in [0.2, 0.25) is 11.8 Å². The molecule has 13 nitrogen and oxygen atoms in total. The Kier molecular flexibility index (Phi) is 16.8. The first kappa shape index (κ1) is 43.6. The summed E-state index contributed by atoms with van der Waals surface area (Å²) in [6, 6.07) is 28.4. The van der Waals surface area contributed by atoms with E-state index in [1.807, 2.05) is 24.3 Å². The lowest BCUT2D eigenvalue weighted by atomic mass is 10.1. The van der Waals surface area contributed by atoms with Crippen molar-refractivity contribution < 1.29 is 48.1 Å². The Labute approximate surface area is 328 Å². The summed E-state index contributed by atoms with van der Waals surface area (Å²) in [6.07, 6.45) is 0.931. The molecule has 0 saturated carbocycles. The number of carbonyl (C=O) groups excluding carboxylic acids is 5. The van der Waals surface area contributed by atoms with E-state index in [-0.39, 0.29) is 56.1 Å². The van der Waals surface area contributed by atoms with E-state index < -0.39 is 10.5 Å². The number of oxime groups is 1. The van der Waals surface area contributed by atoms with E-state index in [0.29, 0.717) is 52.7 Å². The summed E-state index contributed by atoms with van der Waals surface area (Å²) < 4.78 is 21.5. The molecule has 2 saturated heterocycles. The molecule has 0 radical (unpaired) electrons. The van der Waals surface area contributed by atoms with Gasteiger partial charge < -0.3 is 24.2 Å². The second kappa shape index (κ2) is 21.2. The first-order valence-electron chi connectivity index (χ1n) is 16.1. The molecule has 0 aromatic heterocycles. The lowest BCUT2D eigenvalue weighted by molar-refractivity contribution is -0.119. The second-order valence-electron chi connectivity index (χ2n) is 11.5. The fourth-order valence-electron chi connectivity index (χ4n) is 5.08. The van der Waals surface area contributed by atoms with Gasteiger partial charge in [0.05, 0.1) is 24.7 Å². The number of methoxy groups -OCH3 is 2. The zero-order valence-corrected chi connectivity index (χ0v) is 30.2. The van der Waals surface area contributed by atoms with Crippen LogP contribution in [0.15, 0.2) is 102 Å². The summed E-state index contributed by atoms with van der Waals surface area (Å²) in [7, 11) is 3.11. The normalized spacial score (nSPS) is 16.0. The second-order valence-corrected chi connectivity index (χ2v) is 13.8. The third-order valence-corrected chi connectivity index (χ3v) is 9.85. The number of benzene rings is 4. The molecular formula is C40H43N3O10S2. The van der Waals surface area contributed by atoms with Crippen molar-refractivity contribution in [2.45, 2.75) is 38.2 Å². The molecule has 0 bridgehead atoms. The van der Waals surface area contributed by atoms with Crippen LogP contribution in [0.4, 0.5) is 9.59 Å². The molecule has 2 heterocycles. The Morgan fingerprint density at radius 1 is 0.636 bits per heavy atom. The van der Waals surface area contributed by atoms with Crippen LogP contribution in [-0.4, -0.2) is 76.9 Å². The lowest BCUT2D eigenvalue weighted by Gasteiger charge is -2.10. The lowest BCUT2D eigenvalue weighted by Crippen LogP contribution is -2.25. The van der Waals surface area contributed by atoms with Crippen LogP contribution in [0.1, 0.15) is 41.9 Å². The fraction of sp³-hybridized carbons (Fsp3) is 0.250. The van der Waals surface area contributed by atoms with Gasteiger partial charge in [-0.05, 0) is 72.5 Å². The molecule has 290 valence electrons. The summed E-state index contributed by atoms with van der Waals surface area (Å²) in [6.45, 7) is 0.000295. The van der Waals surface area contributed by atoms with E-state index in [1.165, 1.54) is 0 Å². The summed E-state index contributed by atoms with van der Waals surface area (Å²) >= 11 is 2.01. The van der Waals surface area contributed by atoms with Crippen molar-refractivity contribution in [1.29, 1.82) is 0 Å². The standard InChI is InChI=1S/C19H18N2O5S.C19H17NO5S.2CH4/c1-25-15-4-2-3-13(10-15)16(21-24)11-26-14-7-5-12(6-8-14)9-17-18(22)20-19(23)27-17;1-24-15-4-2-3-13(10-15)16(21)11-25-14-7-5-12(6-8-14)9-17-18(22)20-19(23)26-17;;/h2-8,10,17,24H,9,11H2,1H3,(H,20,22,23);2-8,10,17H,9,11H2,1H3,(H,20,22,23);2*1H4. The zero-order valence-electron chi connectivity index (χ0n) is 28.6. The minimum absolute atomic E-state index is 0. The van der Waals surface area contributed by atoms with Crippen molar-refractivity contribution >= 4 is 57.3 Å². The molecule has 2 aliphatic rings. The largest absolute Gasteiger partial charge is 0.497 e. The Morgan fingerprint density at radius 3 is 1.49 bits per heavy atom. The molecule has 0 aliphatic carbocycles. The topological polar surface area (TPSA) is 179 Å². The van der Waals surface area contributed by atoms with E-state index in [1.54, 1.807) is 87.0 Å². The summed E-state index contributed by atoms with van der Waals surface area (Å²) in [4.78, 5) is 57.8. The Hall–Kier alpha value is -5.80. The van der Waals surface area contributed by atoms with Gasteiger partial charge in [-0.1, -0.05) is 92.1 Å². The number of Topliss-reactive ketones (excluding diaryl/α,β-unsaturated/α-hetero) is 1. The summed E-state index contributed by atoms with van der Waals surface area (Å²) in [5.41, 5.74) is 3.43. The number of hydrogen-bond acceptors (Lipinski definition) is 13. The highest BCUT2D eigenvalue weighted by molar-refractivity contribution is 8.15. The highest BCUT2D eigenvalue weighted by Crippen LogP contribution is 2.25. The SMILES string of the molecule is C.C.COc1cccc(C(=O)COc2ccc(CC3SC(=O)NC3=O)cc2)c1.COc1cccc(C(COc2ccc(CC3SC(=O)NC3=O)cc2)=NO)c1. The predicted molar refractivity (Wildman–Crippen MR) is 213 cm³/mol. The van der Waals surface area contributed by atoms with Gasteiger partial charge in [0.1, 0.15) is 35.3 Å². The molecule has 2 atom stereocenters. The highest BCUT2D eigenvalue weighted by atomic mass is 32.2. The fourth-order valence-corrected chi connectivity index (χ4v) is 6.80. The van der Waals surface area contributed by atoms with Crippen LogP contribution in [0.3, 0.4) is 0 Å². The van der Waals surface area contributed by atoms with Gasteiger partial charge in [0.25, 0.3) is 10.5 Å². The smallest absolute Gasteiger partial charge is 0.286 e. The molecule has 6 rings (SSSR count). The van der Waals surface area contributed by atoms with E-state index in [9.17, 15) is 29.2 Å². The number of thioether (sulfide) groups is 2. The van der Waals surface area contributed by atoms with Crippen LogP contribution in [0.5, 0.6) is 23.0 Å². The van der Waals surface area contributed by atoms with Crippen LogP contribution >= 0.6 is 23.5 Å². The first-order chi connectivity index (χ1) is 25.6. The van der Waals surface area contributed by atoms with Crippen molar-refractivity contribution in [2.24, 2.45) is 5.16 Å². The number of nitrogens with zero attached hydrogens (tertiary/aromatic N) is 1. The number of carbonyl (C=O) groups is 5. The van der Waals surface area contributed by atoms with Crippen molar-refractivity contribution in [2.75, 3.05) is 27.4 Å².